The van der Waals surface area contributed by atoms with Crippen molar-refractivity contribution in [3.05, 3.63) is 58.4 Å². The largest absolute Gasteiger partial charge is 0.298 e. The van der Waals surface area contributed by atoms with Crippen LogP contribution in [0.4, 0.5) is 8.92 Å². The Kier molecular flexibility index (Phi) is 5.84. The molecule has 24 heavy (non-hydrogen) atoms. The summed E-state index contributed by atoms with van der Waals surface area (Å²) in [5, 5.41) is 0. The standard InChI is InChI=1S/C20H22F2O2/c1-12(2)16-9-17(13(3)4)19(11-24-22)20(18(16)10-23)14-5-7-15(21)8-6-14/h5-10,12-13H,11H2,1-4H3. The number of aldehydes is 1. The zero-order valence-electron chi connectivity index (χ0n) is 14.4. The molecule has 0 N–H and O–H groups in total. The average molecular weight is 332 g/mol. The van der Waals surface area contributed by atoms with E-state index in [-0.39, 0.29) is 24.3 Å². The highest BCUT2D eigenvalue weighted by atomic mass is 19.3. The van der Waals surface area contributed by atoms with Gasteiger partial charge in [-0.05, 0) is 56.3 Å². The van der Waals surface area contributed by atoms with Crippen molar-refractivity contribution in [2.45, 2.75) is 46.1 Å². The van der Waals surface area contributed by atoms with Gasteiger partial charge in [0.25, 0.3) is 0 Å². The predicted molar refractivity (Wildman–Crippen MR) is 91.3 cm³/mol. The van der Waals surface area contributed by atoms with Gasteiger partial charge in [-0.25, -0.2) is 4.39 Å². The topological polar surface area (TPSA) is 26.3 Å². The van der Waals surface area contributed by atoms with Gasteiger partial charge < -0.3 is 0 Å². The Hall–Kier alpha value is -2.07. The fourth-order valence-electron chi connectivity index (χ4n) is 3.06. The molecule has 0 atom stereocenters. The molecule has 0 aliphatic heterocycles. The molecule has 0 bridgehead atoms. The van der Waals surface area contributed by atoms with Crippen molar-refractivity contribution in [3.8, 4) is 11.1 Å². The molecular formula is C20H22F2O2. The smallest absolute Gasteiger partial charge is 0.150 e. The zero-order chi connectivity index (χ0) is 17.9. The summed E-state index contributed by atoms with van der Waals surface area (Å²) in [5.41, 5.74) is 4.27. The summed E-state index contributed by atoms with van der Waals surface area (Å²) in [5.74, 6) is -0.103. The molecule has 2 nitrogen and oxygen atoms in total. The Morgan fingerprint density at radius 2 is 1.62 bits per heavy atom. The van der Waals surface area contributed by atoms with Crippen molar-refractivity contribution >= 4 is 6.29 Å². The summed E-state index contributed by atoms with van der Waals surface area (Å²) >= 11 is 0. The molecular weight excluding hydrogens is 310 g/mol. The SMILES string of the molecule is CC(C)c1cc(C(C)C)c(COF)c(-c2ccc(F)cc2)c1C=O. The van der Waals surface area contributed by atoms with Gasteiger partial charge in [-0.1, -0.05) is 45.9 Å². The van der Waals surface area contributed by atoms with E-state index in [9.17, 15) is 13.7 Å². The van der Waals surface area contributed by atoms with Gasteiger partial charge in [-0.2, -0.15) is 4.94 Å². The maximum atomic E-state index is 13.3. The van der Waals surface area contributed by atoms with Crippen LogP contribution in [0.3, 0.4) is 0 Å². The monoisotopic (exact) mass is 332 g/mol. The van der Waals surface area contributed by atoms with Gasteiger partial charge >= 0.3 is 0 Å². The van der Waals surface area contributed by atoms with Crippen LogP contribution in [0.1, 0.15) is 66.6 Å². The third kappa shape index (κ3) is 3.54. The number of carbonyl (C=O) groups excluding carboxylic acids is 1. The molecule has 0 unspecified atom stereocenters. The number of hydrogen-bond acceptors (Lipinski definition) is 2. The minimum atomic E-state index is -0.362. The highest BCUT2D eigenvalue weighted by molar-refractivity contribution is 5.92. The number of hydrogen-bond donors (Lipinski definition) is 0. The minimum absolute atomic E-state index is 0.127. The molecule has 0 saturated heterocycles. The van der Waals surface area contributed by atoms with Crippen molar-refractivity contribution in [2.75, 3.05) is 0 Å². The second-order valence-corrected chi connectivity index (χ2v) is 6.51. The van der Waals surface area contributed by atoms with Crippen molar-refractivity contribution in [1.29, 1.82) is 0 Å². The van der Waals surface area contributed by atoms with Crippen molar-refractivity contribution in [1.82, 2.24) is 0 Å². The molecule has 0 aliphatic carbocycles. The van der Waals surface area contributed by atoms with E-state index in [1.54, 1.807) is 12.1 Å². The Bertz CT molecular complexity index is 719. The predicted octanol–water partition coefficient (Wildman–Crippen LogP) is 5.95. The van der Waals surface area contributed by atoms with E-state index < -0.39 is 0 Å². The maximum Gasteiger partial charge on any atom is 0.150 e. The van der Waals surface area contributed by atoms with Crippen LogP contribution in [0.15, 0.2) is 30.3 Å². The van der Waals surface area contributed by atoms with Crippen LogP contribution in [-0.2, 0) is 11.5 Å². The molecule has 4 heteroatoms. The molecule has 0 amide bonds. The van der Waals surface area contributed by atoms with E-state index in [0.29, 0.717) is 22.3 Å². The van der Waals surface area contributed by atoms with Crippen LogP contribution in [0.25, 0.3) is 11.1 Å². The molecule has 0 spiro atoms. The second-order valence-electron chi connectivity index (χ2n) is 6.51. The summed E-state index contributed by atoms with van der Waals surface area (Å²) in [7, 11) is 0. The quantitative estimate of drug-likeness (QED) is 0.611. The third-order valence-electron chi connectivity index (χ3n) is 4.24. The minimum Gasteiger partial charge on any atom is -0.298 e. The van der Waals surface area contributed by atoms with Crippen LogP contribution in [0.5, 0.6) is 0 Å². The summed E-state index contributed by atoms with van der Waals surface area (Å²) < 4.78 is 26.0. The van der Waals surface area contributed by atoms with E-state index >= 15 is 0 Å². The molecule has 128 valence electrons. The van der Waals surface area contributed by atoms with Gasteiger partial charge in [0, 0.05) is 5.56 Å². The van der Waals surface area contributed by atoms with E-state index in [1.807, 2.05) is 33.8 Å². The van der Waals surface area contributed by atoms with E-state index in [2.05, 4.69) is 4.94 Å². The Labute approximate surface area is 141 Å². The lowest BCUT2D eigenvalue weighted by molar-refractivity contribution is -0.144. The molecule has 0 radical (unpaired) electrons. The molecule has 2 aromatic carbocycles. The Morgan fingerprint density at radius 1 is 1.04 bits per heavy atom. The van der Waals surface area contributed by atoms with Gasteiger partial charge in [-0.3, -0.25) is 4.79 Å². The first-order valence-corrected chi connectivity index (χ1v) is 8.05. The van der Waals surface area contributed by atoms with Crippen LogP contribution in [0.2, 0.25) is 0 Å². The molecule has 2 aromatic rings. The summed E-state index contributed by atoms with van der Waals surface area (Å²) in [4.78, 5) is 15.7. The van der Waals surface area contributed by atoms with E-state index in [0.717, 1.165) is 17.4 Å². The van der Waals surface area contributed by atoms with E-state index in [1.165, 1.54) is 12.1 Å². The second kappa shape index (κ2) is 7.67. The Balaban J connectivity index is 2.89. The fourth-order valence-corrected chi connectivity index (χ4v) is 3.06. The molecule has 0 heterocycles. The van der Waals surface area contributed by atoms with Crippen LogP contribution in [-0.4, -0.2) is 6.29 Å². The number of benzene rings is 2. The first kappa shape index (κ1) is 18.3. The molecule has 0 saturated carbocycles. The van der Waals surface area contributed by atoms with Crippen molar-refractivity contribution in [3.63, 3.8) is 0 Å². The molecule has 0 aromatic heterocycles. The first-order valence-electron chi connectivity index (χ1n) is 8.05. The highest BCUT2D eigenvalue weighted by Gasteiger charge is 2.22. The van der Waals surface area contributed by atoms with Gasteiger partial charge in [0.15, 0.2) is 6.29 Å². The van der Waals surface area contributed by atoms with E-state index in [4.69, 9.17) is 0 Å². The van der Waals surface area contributed by atoms with Gasteiger partial charge in [0.05, 0.1) is 0 Å². The molecule has 0 fully saturated rings. The fraction of sp³-hybridized carbons (Fsp3) is 0.350. The summed E-state index contributed by atoms with van der Waals surface area (Å²) in [6.07, 6.45) is 0.792. The highest BCUT2D eigenvalue weighted by Crippen LogP contribution is 2.38. The number of carbonyl (C=O) groups is 1. The normalized spacial score (nSPS) is 11.3. The van der Waals surface area contributed by atoms with Crippen molar-refractivity contribution < 1.29 is 18.7 Å². The lowest BCUT2D eigenvalue weighted by Crippen LogP contribution is -2.08. The number of halogens is 2. The van der Waals surface area contributed by atoms with Crippen LogP contribution >= 0.6 is 0 Å². The first-order chi connectivity index (χ1) is 11.4. The summed E-state index contributed by atoms with van der Waals surface area (Å²) in [6.45, 7) is 7.78. The van der Waals surface area contributed by atoms with Crippen molar-refractivity contribution in [2.24, 2.45) is 0 Å². The zero-order valence-corrected chi connectivity index (χ0v) is 14.4. The molecule has 0 aliphatic rings. The maximum absolute atomic E-state index is 13.3. The Morgan fingerprint density at radius 3 is 2.08 bits per heavy atom. The van der Waals surface area contributed by atoms with Gasteiger partial charge in [-0.15, -0.1) is 0 Å². The lowest BCUT2D eigenvalue weighted by Gasteiger charge is -2.23. The van der Waals surface area contributed by atoms with Gasteiger partial charge in [0.1, 0.15) is 12.4 Å². The molecule has 2 rings (SSSR count). The third-order valence-corrected chi connectivity index (χ3v) is 4.24. The summed E-state index contributed by atoms with van der Waals surface area (Å²) in [6, 6.07) is 7.84. The average Bonchev–Trinajstić information content (AvgIpc) is 2.54. The van der Waals surface area contributed by atoms with Crippen LogP contribution < -0.4 is 0 Å². The lowest BCUT2D eigenvalue weighted by atomic mass is 9.82. The number of rotatable bonds is 6. The van der Waals surface area contributed by atoms with Crippen LogP contribution in [0, 0.1) is 5.82 Å². The van der Waals surface area contributed by atoms with Gasteiger partial charge in [0.2, 0.25) is 0 Å².